The van der Waals surface area contributed by atoms with E-state index in [1.807, 2.05) is 0 Å². The van der Waals surface area contributed by atoms with Gasteiger partial charge in [-0.15, -0.1) is 0 Å². The third-order valence-electron chi connectivity index (χ3n) is 4.40. The molecule has 0 saturated carbocycles. The SMILES string of the molecule is CCNCC(C)(CN(C)C(CC)CC)c1ccccc1. The average Bonchev–Trinajstić information content (AvgIpc) is 2.47. The lowest BCUT2D eigenvalue weighted by molar-refractivity contribution is 0.181. The second-order valence-electron chi connectivity index (χ2n) is 6.09. The molecule has 1 atom stereocenters. The van der Waals surface area contributed by atoms with E-state index in [4.69, 9.17) is 0 Å². The number of hydrogen-bond donors (Lipinski definition) is 1. The van der Waals surface area contributed by atoms with E-state index in [1.54, 1.807) is 0 Å². The van der Waals surface area contributed by atoms with Crippen LogP contribution in [-0.2, 0) is 5.41 Å². The first-order valence-corrected chi connectivity index (χ1v) is 8.03. The van der Waals surface area contributed by atoms with E-state index in [0.717, 1.165) is 19.6 Å². The van der Waals surface area contributed by atoms with Crippen LogP contribution >= 0.6 is 0 Å². The Balaban J connectivity index is 2.88. The Kier molecular flexibility index (Phi) is 7.25. The van der Waals surface area contributed by atoms with Gasteiger partial charge in [0.2, 0.25) is 0 Å². The standard InChI is InChI=1S/C18H32N2/c1-6-17(7-2)20(5)15-18(4,14-19-8-3)16-12-10-9-11-13-16/h9-13,17,19H,6-8,14-15H2,1-5H3. The van der Waals surface area contributed by atoms with Crippen LogP contribution in [0.1, 0.15) is 46.1 Å². The molecule has 0 aliphatic carbocycles. The summed E-state index contributed by atoms with van der Waals surface area (Å²) in [5.41, 5.74) is 1.59. The van der Waals surface area contributed by atoms with E-state index in [9.17, 15) is 0 Å². The summed E-state index contributed by atoms with van der Waals surface area (Å²) >= 11 is 0. The maximum Gasteiger partial charge on any atom is 0.0177 e. The number of likely N-dealkylation sites (N-methyl/N-ethyl adjacent to an activating group) is 2. The number of hydrogen-bond acceptors (Lipinski definition) is 2. The van der Waals surface area contributed by atoms with Gasteiger partial charge < -0.3 is 10.2 Å². The van der Waals surface area contributed by atoms with Gasteiger partial charge in [0.15, 0.2) is 0 Å². The highest BCUT2D eigenvalue weighted by molar-refractivity contribution is 5.25. The van der Waals surface area contributed by atoms with Gasteiger partial charge in [0.05, 0.1) is 0 Å². The van der Waals surface area contributed by atoms with Crippen molar-refractivity contribution >= 4 is 0 Å². The molecule has 0 fully saturated rings. The molecule has 0 aliphatic heterocycles. The van der Waals surface area contributed by atoms with Gasteiger partial charge in [-0.2, -0.15) is 0 Å². The minimum atomic E-state index is 0.161. The molecule has 2 nitrogen and oxygen atoms in total. The Morgan fingerprint density at radius 2 is 1.70 bits per heavy atom. The summed E-state index contributed by atoms with van der Waals surface area (Å²) in [6.07, 6.45) is 2.44. The largest absolute Gasteiger partial charge is 0.316 e. The highest BCUT2D eigenvalue weighted by Crippen LogP contribution is 2.25. The molecule has 1 N–H and O–H groups in total. The first kappa shape index (κ1) is 17.2. The monoisotopic (exact) mass is 276 g/mol. The van der Waals surface area contributed by atoms with Gasteiger partial charge in [0.25, 0.3) is 0 Å². The Morgan fingerprint density at radius 1 is 1.10 bits per heavy atom. The molecule has 0 aromatic heterocycles. The predicted octanol–water partition coefficient (Wildman–Crippen LogP) is 3.67. The average molecular weight is 276 g/mol. The maximum atomic E-state index is 3.54. The van der Waals surface area contributed by atoms with E-state index in [0.29, 0.717) is 6.04 Å². The van der Waals surface area contributed by atoms with Crippen LogP contribution < -0.4 is 5.32 Å². The van der Waals surface area contributed by atoms with E-state index >= 15 is 0 Å². The minimum absolute atomic E-state index is 0.161. The summed E-state index contributed by atoms with van der Waals surface area (Å²) in [6, 6.07) is 11.6. The molecule has 1 rings (SSSR count). The molecule has 2 heteroatoms. The molecule has 0 radical (unpaired) electrons. The Labute approximate surface area is 125 Å². The lowest BCUT2D eigenvalue weighted by Crippen LogP contribution is -2.47. The molecule has 0 amide bonds. The van der Waals surface area contributed by atoms with E-state index < -0.39 is 0 Å². The van der Waals surface area contributed by atoms with Crippen LogP contribution in [0.3, 0.4) is 0 Å². The van der Waals surface area contributed by atoms with E-state index in [2.05, 4.69) is 75.3 Å². The minimum Gasteiger partial charge on any atom is -0.316 e. The smallest absolute Gasteiger partial charge is 0.0177 e. The van der Waals surface area contributed by atoms with Crippen molar-refractivity contribution in [2.45, 2.75) is 52.0 Å². The second kappa shape index (κ2) is 8.43. The summed E-state index contributed by atoms with van der Waals surface area (Å²) in [6.45, 7) is 12.3. The summed E-state index contributed by atoms with van der Waals surface area (Å²) in [4.78, 5) is 2.53. The van der Waals surface area contributed by atoms with Gasteiger partial charge in [0, 0.05) is 24.5 Å². The fraction of sp³-hybridized carbons (Fsp3) is 0.667. The van der Waals surface area contributed by atoms with Gasteiger partial charge in [-0.25, -0.2) is 0 Å². The maximum absolute atomic E-state index is 3.54. The normalized spacial score (nSPS) is 14.8. The van der Waals surface area contributed by atoms with E-state index in [1.165, 1.54) is 18.4 Å². The number of rotatable bonds is 9. The van der Waals surface area contributed by atoms with Crippen molar-refractivity contribution < 1.29 is 0 Å². The highest BCUT2D eigenvalue weighted by atomic mass is 15.1. The first-order valence-electron chi connectivity index (χ1n) is 8.03. The Bertz CT molecular complexity index is 359. The second-order valence-corrected chi connectivity index (χ2v) is 6.09. The van der Waals surface area contributed by atoms with Crippen LogP contribution in [0.25, 0.3) is 0 Å². The van der Waals surface area contributed by atoms with Gasteiger partial charge in [-0.3, -0.25) is 0 Å². The lowest BCUT2D eigenvalue weighted by Gasteiger charge is -2.38. The lowest BCUT2D eigenvalue weighted by atomic mass is 9.81. The molecule has 0 aliphatic rings. The van der Waals surface area contributed by atoms with Crippen molar-refractivity contribution in [1.29, 1.82) is 0 Å². The first-order chi connectivity index (χ1) is 9.57. The predicted molar refractivity (Wildman–Crippen MR) is 89.3 cm³/mol. The highest BCUT2D eigenvalue weighted by Gasteiger charge is 2.29. The van der Waals surface area contributed by atoms with Gasteiger partial charge in [0.1, 0.15) is 0 Å². The summed E-state index contributed by atoms with van der Waals surface area (Å²) in [5, 5.41) is 3.54. The fourth-order valence-electron chi connectivity index (χ4n) is 3.08. The van der Waals surface area contributed by atoms with Crippen LogP contribution in [0.15, 0.2) is 30.3 Å². The number of nitrogens with one attached hydrogen (secondary N) is 1. The van der Waals surface area contributed by atoms with Crippen molar-refractivity contribution in [3.63, 3.8) is 0 Å². The Morgan fingerprint density at radius 3 is 2.20 bits per heavy atom. The molecule has 0 bridgehead atoms. The topological polar surface area (TPSA) is 15.3 Å². The van der Waals surface area contributed by atoms with Gasteiger partial charge in [-0.1, -0.05) is 58.0 Å². The molecule has 1 unspecified atom stereocenters. The van der Waals surface area contributed by atoms with Crippen molar-refractivity contribution in [2.75, 3.05) is 26.7 Å². The van der Waals surface area contributed by atoms with Crippen LogP contribution in [0.2, 0.25) is 0 Å². The molecule has 0 saturated heterocycles. The summed E-state index contributed by atoms with van der Waals surface area (Å²) in [7, 11) is 2.27. The fourth-order valence-corrected chi connectivity index (χ4v) is 3.08. The van der Waals surface area contributed by atoms with Crippen LogP contribution in [0, 0.1) is 0 Å². The van der Waals surface area contributed by atoms with E-state index in [-0.39, 0.29) is 5.41 Å². The van der Waals surface area contributed by atoms with Gasteiger partial charge >= 0.3 is 0 Å². The van der Waals surface area contributed by atoms with Crippen molar-refractivity contribution in [2.24, 2.45) is 0 Å². The van der Waals surface area contributed by atoms with Crippen molar-refractivity contribution in [3.05, 3.63) is 35.9 Å². The zero-order valence-corrected chi connectivity index (χ0v) is 13.9. The molecule has 114 valence electrons. The molecule has 1 aromatic carbocycles. The zero-order chi connectivity index (χ0) is 15.0. The third kappa shape index (κ3) is 4.60. The number of benzene rings is 1. The molecule has 20 heavy (non-hydrogen) atoms. The van der Waals surface area contributed by atoms with Crippen LogP contribution in [-0.4, -0.2) is 37.6 Å². The summed E-state index contributed by atoms with van der Waals surface area (Å²) in [5.74, 6) is 0. The van der Waals surface area contributed by atoms with Crippen LogP contribution in [0.4, 0.5) is 0 Å². The molecular weight excluding hydrogens is 244 g/mol. The number of nitrogens with zero attached hydrogens (tertiary/aromatic N) is 1. The zero-order valence-electron chi connectivity index (χ0n) is 13.9. The summed E-state index contributed by atoms with van der Waals surface area (Å²) < 4.78 is 0. The Hall–Kier alpha value is -0.860. The van der Waals surface area contributed by atoms with Crippen molar-refractivity contribution in [1.82, 2.24) is 10.2 Å². The van der Waals surface area contributed by atoms with Gasteiger partial charge in [-0.05, 0) is 32.0 Å². The third-order valence-corrected chi connectivity index (χ3v) is 4.40. The molecule has 1 aromatic rings. The van der Waals surface area contributed by atoms with Crippen molar-refractivity contribution in [3.8, 4) is 0 Å². The molecule has 0 spiro atoms. The molecular formula is C18H32N2. The quantitative estimate of drug-likeness (QED) is 0.740. The molecule has 0 heterocycles. The van der Waals surface area contributed by atoms with Crippen LogP contribution in [0.5, 0.6) is 0 Å².